The van der Waals surface area contributed by atoms with Gasteiger partial charge in [0.1, 0.15) is 0 Å². The first-order chi connectivity index (χ1) is 13.4. The number of methoxy groups -OCH3 is 1. The first kappa shape index (κ1) is 20.5. The fraction of sp³-hybridized carbons (Fsp3) is 0.150. The maximum absolute atomic E-state index is 12.1. The number of nitrogens with two attached hydrogens (primary N) is 2. The second-order valence-electron chi connectivity index (χ2n) is 5.63. The van der Waals surface area contributed by atoms with Gasteiger partial charge < -0.3 is 25.7 Å². The van der Waals surface area contributed by atoms with Crippen molar-refractivity contribution in [2.24, 2.45) is 11.5 Å². The normalized spacial score (nSPS) is 11.6. The molecule has 2 amide bonds. The third kappa shape index (κ3) is 5.87. The summed E-state index contributed by atoms with van der Waals surface area (Å²) in [4.78, 5) is 34.5. The molecule has 0 spiro atoms. The number of hydrogen-bond donors (Lipinski definition) is 2. The lowest BCUT2D eigenvalue weighted by atomic mass is 10.1. The third-order valence-corrected chi connectivity index (χ3v) is 3.56. The summed E-state index contributed by atoms with van der Waals surface area (Å²) in [5, 5.41) is 0. The zero-order valence-corrected chi connectivity index (χ0v) is 15.2. The Bertz CT molecular complexity index is 880. The van der Waals surface area contributed by atoms with Gasteiger partial charge in [-0.05, 0) is 23.8 Å². The minimum atomic E-state index is -1.18. The summed E-state index contributed by atoms with van der Waals surface area (Å²) in [6, 6.07) is 13.3. The average molecular weight is 384 g/mol. The van der Waals surface area contributed by atoms with Crippen LogP contribution in [0.4, 0.5) is 0 Å². The van der Waals surface area contributed by atoms with Gasteiger partial charge in [0.25, 0.3) is 11.8 Å². The van der Waals surface area contributed by atoms with E-state index in [4.69, 9.17) is 25.7 Å². The Labute approximate surface area is 161 Å². The second-order valence-corrected chi connectivity index (χ2v) is 5.63. The largest absolute Gasteiger partial charge is 0.493 e. The van der Waals surface area contributed by atoms with E-state index >= 15 is 0 Å². The summed E-state index contributed by atoms with van der Waals surface area (Å²) in [6.07, 6.45) is 1.46. The van der Waals surface area contributed by atoms with Crippen LogP contribution in [0.5, 0.6) is 11.5 Å². The van der Waals surface area contributed by atoms with E-state index in [-0.39, 0.29) is 6.61 Å². The molecule has 28 heavy (non-hydrogen) atoms. The lowest BCUT2D eigenvalue weighted by molar-refractivity contribution is -0.150. The van der Waals surface area contributed by atoms with Gasteiger partial charge in [0.15, 0.2) is 18.1 Å². The molecular weight excluding hydrogens is 364 g/mol. The van der Waals surface area contributed by atoms with Crippen molar-refractivity contribution in [3.05, 3.63) is 65.7 Å². The molecule has 0 bridgehead atoms. The van der Waals surface area contributed by atoms with Crippen molar-refractivity contribution in [1.82, 2.24) is 0 Å². The number of esters is 1. The van der Waals surface area contributed by atoms with E-state index in [1.165, 1.54) is 13.2 Å². The molecule has 0 radical (unpaired) electrons. The molecule has 0 saturated carbocycles. The molecule has 146 valence electrons. The first-order valence-electron chi connectivity index (χ1n) is 8.23. The van der Waals surface area contributed by atoms with Gasteiger partial charge in [0.2, 0.25) is 6.10 Å². The Balaban J connectivity index is 2.08. The van der Waals surface area contributed by atoms with Gasteiger partial charge in [0, 0.05) is 11.6 Å². The number of benzene rings is 2. The molecule has 8 nitrogen and oxygen atoms in total. The summed E-state index contributed by atoms with van der Waals surface area (Å²) in [7, 11) is 1.44. The number of rotatable bonds is 9. The topological polar surface area (TPSA) is 131 Å². The molecule has 8 heteroatoms. The molecule has 1 unspecified atom stereocenters. The molecular formula is C20H20N2O6. The summed E-state index contributed by atoms with van der Waals surface area (Å²) >= 11 is 0. The molecule has 2 aromatic carbocycles. The van der Waals surface area contributed by atoms with Crippen LogP contribution in [0, 0.1) is 0 Å². The number of amides is 2. The Morgan fingerprint density at radius 1 is 1.04 bits per heavy atom. The highest BCUT2D eigenvalue weighted by molar-refractivity contribution is 5.90. The van der Waals surface area contributed by atoms with Crippen LogP contribution in [-0.4, -0.2) is 31.5 Å². The summed E-state index contributed by atoms with van der Waals surface area (Å²) in [5.41, 5.74) is 11.5. The van der Waals surface area contributed by atoms with Crippen molar-refractivity contribution >= 4 is 23.9 Å². The summed E-state index contributed by atoms with van der Waals surface area (Å²) in [5.74, 6) is -1.43. The van der Waals surface area contributed by atoms with E-state index in [9.17, 15) is 14.4 Å². The number of carbonyl (C=O) groups is 3. The highest BCUT2D eigenvalue weighted by Crippen LogP contribution is 2.28. The van der Waals surface area contributed by atoms with Gasteiger partial charge in [0.05, 0.1) is 7.11 Å². The molecule has 2 aromatic rings. The Morgan fingerprint density at radius 3 is 2.36 bits per heavy atom. The Kier molecular flexibility index (Phi) is 7.15. The molecule has 4 N–H and O–H groups in total. The van der Waals surface area contributed by atoms with Crippen molar-refractivity contribution in [3.63, 3.8) is 0 Å². The molecule has 0 aliphatic rings. The summed E-state index contributed by atoms with van der Waals surface area (Å²) in [6.45, 7) is -0.286. The highest BCUT2D eigenvalue weighted by atomic mass is 16.5. The highest BCUT2D eigenvalue weighted by Gasteiger charge is 2.21. The number of primary amides is 2. The number of hydrogen-bond acceptors (Lipinski definition) is 6. The molecule has 0 aliphatic carbocycles. The second kappa shape index (κ2) is 9.77. The Hall–Kier alpha value is -3.81. The van der Waals surface area contributed by atoms with Gasteiger partial charge in [-0.3, -0.25) is 9.59 Å². The molecule has 0 heterocycles. The standard InChI is InChI=1S/C20H20N2O6/c1-26-16-11-13(7-9-15(16)27-12-17(21)23)8-10-18(24)28-19(20(22)25)14-5-3-2-4-6-14/h2-11,19H,12H2,1H3,(H2,21,23)(H2,22,25)/b10-8+. The van der Waals surface area contributed by atoms with Crippen LogP contribution in [0.15, 0.2) is 54.6 Å². The molecule has 0 aliphatic heterocycles. The van der Waals surface area contributed by atoms with Gasteiger partial charge >= 0.3 is 5.97 Å². The van der Waals surface area contributed by atoms with E-state index in [1.807, 2.05) is 0 Å². The van der Waals surface area contributed by atoms with Gasteiger partial charge in [-0.25, -0.2) is 4.79 Å². The van der Waals surface area contributed by atoms with Gasteiger partial charge in [-0.2, -0.15) is 0 Å². The zero-order chi connectivity index (χ0) is 20.5. The van der Waals surface area contributed by atoms with E-state index < -0.39 is 23.9 Å². The fourth-order valence-electron chi connectivity index (χ4n) is 2.29. The predicted octanol–water partition coefficient (Wildman–Crippen LogP) is 1.34. The number of ether oxygens (including phenoxy) is 3. The van der Waals surface area contributed by atoms with Crippen molar-refractivity contribution in [1.29, 1.82) is 0 Å². The van der Waals surface area contributed by atoms with Gasteiger partial charge in [-0.15, -0.1) is 0 Å². The lowest BCUT2D eigenvalue weighted by Gasteiger charge is -2.13. The zero-order valence-electron chi connectivity index (χ0n) is 15.2. The Morgan fingerprint density at radius 2 is 1.75 bits per heavy atom. The smallest absolute Gasteiger partial charge is 0.331 e. The maximum Gasteiger partial charge on any atom is 0.331 e. The van der Waals surface area contributed by atoms with Crippen LogP contribution < -0.4 is 20.9 Å². The van der Waals surface area contributed by atoms with E-state index in [1.54, 1.807) is 48.5 Å². The molecule has 0 aromatic heterocycles. The van der Waals surface area contributed by atoms with Gasteiger partial charge in [-0.1, -0.05) is 36.4 Å². The maximum atomic E-state index is 12.1. The minimum Gasteiger partial charge on any atom is -0.493 e. The average Bonchev–Trinajstić information content (AvgIpc) is 2.69. The molecule has 2 rings (SSSR count). The molecule has 0 fully saturated rings. The molecule has 1 atom stereocenters. The van der Waals surface area contributed by atoms with E-state index in [0.29, 0.717) is 22.6 Å². The van der Waals surface area contributed by atoms with Crippen LogP contribution in [0.2, 0.25) is 0 Å². The van der Waals surface area contributed by atoms with E-state index in [0.717, 1.165) is 6.08 Å². The van der Waals surface area contributed by atoms with E-state index in [2.05, 4.69) is 0 Å². The third-order valence-electron chi connectivity index (χ3n) is 3.56. The first-order valence-corrected chi connectivity index (χ1v) is 8.23. The quantitative estimate of drug-likeness (QED) is 0.495. The lowest BCUT2D eigenvalue weighted by Crippen LogP contribution is -2.25. The fourth-order valence-corrected chi connectivity index (χ4v) is 2.29. The minimum absolute atomic E-state index is 0.286. The monoisotopic (exact) mass is 384 g/mol. The van der Waals surface area contributed by atoms with Crippen molar-refractivity contribution in [2.75, 3.05) is 13.7 Å². The van der Waals surface area contributed by atoms with Crippen LogP contribution in [-0.2, 0) is 19.1 Å². The van der Waals surface area contributed by atoms with Crippen molar-refractivity contribution in [2.45, 2.75) is 6.10 Å². The van der Waals surface area contributed by atoms with Crippen LogP contribution >= 0.6 is 0 Å². The SMILES string of the molecule is COc1cc(/C=C/C(=O)OC(C(N)=O)c2ccccc2)ccc1OCC(N)=O. The van der Waals surface area contributed by atoms with Crippen LogP contribution in [0.25, 0.3) is 6.08 Å². The van der Waals surface area contributed by atoms with Crippen molar-refractivity contribution < 1.29 is 28.6 Å². The van der Waals surface area contributed by atoms with Crippen LogP contribution in [0.1, 0.15) is 17.2 Å². The molecule has 0 saturated heterocycles. The summed E-state index contributed by atoms with van der Waals surface area (Å²) < 4.78 is 15.6. The van der Waals surface area contributed by atoms with Crippen LogP contribution in [0.3, 0.4) is 0 Å². The van der Waals surface area contributed by atoms with Crippen molar-refractivity contribution in [3.8, 4) is 11.5 Å². The number of carbonyl (C=O) groups excluding carboxylic acids is 3. The predicted molar refractivity (Wildman–Crippen MR) is 101 cm³/mol.